The molecule has 0 heterocycles. The Balaban J connectivity index is 0.000001000. The number of aliphatic hydroxyl groups is 1. The van der Waals surface area contributed by atoms with Gasteiger partial charge < -0.3 is 10.8 Å². The first-order valence-corrected chi connectivity index (χ1v) is 4.21. The number of rotatable bonds is 2. The molecular formula is C8H18ClNO. The van der Waals surface area contributed by atoms with E-state index in [2.05, 4.69) is 0 Å². The van der Waals surface area contributed by atoms with Gasteiger partial charge in [-0.15, -0.1) is 12.4 Å². The first-order chi connectivity index (χ1) is 4.83. The van der Waals surface area contributed by atoms with Crippen molar-refractivity contribution in [1.29, 1.82) is 0 Å². The molecule has 1 aliphatic carbocycles. The summed E-state index contributed by atoms with van der Waals surface area (Å²) in [5, 5.41) is 9.16. The average Bonchev–Trinajstić information content (AvgIpc) is 1.95. The fourth-order valence-corrected chi connectivity index (χ4v) is 1.67. The van der Waals surface area contributed by atoms with E-state index in [0.717, 1.165) is 31.7 Å². The van der Waals surface area contributed by atoms with Gasteiger partial charge in [0.05, 0.1) is 6.10 Å². The normalized spacial score (nSPS) is 31.1. The predicted molar refractivity (Wildman–Crippen MR) is 48.9 cm³/mol. The van der Waals surface area contributed by atoms with Gasteiger partial charge in [0.1, 0.15) is 0 Å². The second-order valence-electron chi connectivity index (χ2n) is 3.25. The standard InChI is InChI=1S/C8H17NO.ClH/c9-6-5-7-1-3-8(10)4-2-7;/h7-8,10H,1-6,9H2;1H. The van der Waals surface area contributed by atoms with Gasteiger partial charge in [-0.05, 0) is 44.6 Å². The van der Waals surface area contributed by atoms with E-state index < -0.39 is 0 Å². The Kier molecular flexibility index (Phi) is 5.92. The molecule has 0 unspecified atom stereocenters. The molecule has 3 heteroatoms. The van der Waals surface area contributed by atoms with E-state index in [1.807, 2.05) is 0 Å². The lowest BCUT2D eigenvalue weighted by molar-refractivity contribution is 0.107. The first kappa shape index (κ1) is 11.2. The van der Waals surface area contributed by atoms with E-state index in [4.69, 9.17) is 10.8 Å². The zero-order valence-electron chi connectivity index (χ0n) is 6.83. The Morgan fingerprint density at radius 1 is 1.18 bits per heavy atom. The van der Waals surface area contributed by atoms with Crippen LogP contribution in [0.4, 0.5) is 0 Å². The SMILES string of the molecule is Cl.NCCC1CCC(O)CC1. The lowest BCUT2D eigenvalue weighted by Crippen LogP contribution is -2.20. The highest BCUT2D eigenvalue weighted by atomic mass is 35.5. The van der Waals surface area contributed by atoms with E-state index >= 15 is 0 Å². The van der Waals surface area contributed by atoms with Crippen molar-refractivity contribution in [2.24, 2.45) is 11.7 Å². The number of nitrogens with two attached hydrogens (primary N) is 1. The third kappa shape index (κ3) is 3.94. The third-order valence-corrected chi connectivity index (χ3v) is 2.39. The maximum Gasteiger partial charge on any atom is 0.0540 e. The molecule has 0 bridgehead atoms. The predicted octanol–water partition coefficient (Wildman–Crippen LogP) is 1.31. The summed E-state index contributed by atoms with van der Waals surface area (Å²) in [6.45, 7) is 0.806. The maximum absolute atomic E-state index is 9.16. The summed E-state index contributed by atoms with van der Waals surface area (Å²) in [5.74, 6) is 0.799. The smallest absolute Gasteiger partial charge is 0.0540 e. The molecule has 0 saturated heterocycles. The van der Waals surface area contributed by atoms with E-state index in [9.17, 15) is 0 Å². The third-order valence-electron chi connectivity index (χ3n) is 2.39. The molecule has 68 valence electrons. The highest BCUT2D eigenvalue weighted by Crippen LogP contribution is 2.25. The van der Waals surface area contributed by atoms with Gasteiger partial charge in [-0.2, -0.15) is 0 Å². The van der Waals surface area contributed by atoms with Gasteiger partial charge in [0.25, 0.3) is 0 Å². The molecule has 1 saturated carbocycles. The number of halogens is 1. The molecule has 0 aromatic carbocycles. The minimum Gasteiger partial charge on any atom is -0.393 e. The topological polar surface area (TPSA) is 46.2 Å². The summed E-state index contributed by atoms with van der Waals surface area (Å²) in [4.78, 5) is 0. The van der Waals surface area contributed by atoms with Crippen molar-refractivity contribution < 1.29 is 5.11 Å². The molecular weight excluding hydrogens is 162 g/mol. The lowest BCUT2D eigenvalue weighted by atomic mass is 9.85. The molecule has 0 spiro atoms. The van der Waals surface area contributed by atoms with Crippen molar-refractivity contribution in [2.45, 2.75) is 38.2 Å². The summed E-state index contributed by atoms with van der Waals surface area (Å²) < 4.78 is 0. The van der Waals surface area contributed by atoms with Crippen LogP contribution in [0.3, 0.4) is 0 Å². The Bertz CT molecular complexity index is 92.1. The van der Waals surface area contributed by atoms with Crippen LogP contribution in [0, 0.1) is 5.92 Å². The van der Waals surface area contributed by atoms with Crippen LogP contribution < -0.4 is 5.73 Å². The minimum absolute atomic E-state index is 0. The second kappa shape index (κ2) is 5.81. The zero-order valence-corrected chi connectivity index (χ0v) is 7.65. The monoisotopic (exact) mass is 179 g/mol. The molecule has 2 nitrogen and oxygen atoms in total. The molecule has 0 radical (unpaired) electrons. The van der Waals surface area contributed by atoms with Crippen LogP contribution in [0.1, 0.15) is 32.1 Å². The van der Waals surface area contributed by atoms with Crippen LogP contribution in [0.25, 0.3) is 0 Å². The number of hydrogen-bond acceptors (Lipinski definition) is 2. The van der Waals surface area contributed by atoms with Crippen molar-refractivity contribution in [2.75, 3.05) is 6.54 Å². The van der Waals surface area contributed by atoms with Gasteiger partial charge in [0, 0.05) is 0 Å². The molecule has 0 aromatic rings. The van der Waals surface area contributed by atoms with Crippen molar-refractivity contribution >= 4 is 12.4 Å². The largest absolute Gasteiger partial charge is 0.393 e. The van der Waals surface area contributed by atoms with Gasteiger partial charge in [0.2, 0.25) is 0 Å². The van der Waals surface area contributed by atoms with Crippen LogP contribution in [-0.2, 0) is 0 Å². The van der Waals surface area contributed by atoms with Crippen molar-refractivity contribution in [1.82, 2.24) is 0 Å². The minimum atomic E-state index is -0.0194. The van der Waals surface area contributed by atoms with Gasteiger partial charge in [-0.3, -0.25) is 0 Å². The molecule has 0 amide bonds. The molecule has 3 N–H and O–H groups in total. The van der Waals surface area contributed by atoms with Gasteiger partial charge in [-0.1, -0.05) is 0 Å². The highest BCUT2D eigenvalue weighted by molar-refractivity contribution is 5.85. The summed E-state index contributed by atoms with van der Waals surface area (Å²) in [5.41, 5.74) is 5.43. The van der Waals surface area contributed by atoms with Gasteiger partial charge >= 0.3 is 0 Å². The lowest BCUT2D eigenvalue weighted by Gasteiger charge is -2.24. The Morgan fingerprint density at radius 3 is 2.18 bits per heavy atom. The average molecular weight is 180 g/mol. The van der Waals surface area contributed by atoms with Crippen LogP contribution in [0.2, 0.25) is 0 Å². The fraction of sp³-hybridized carbons (Fsp3) is 1.00. The summed E-state index contributed by atoms with van der Waals surface area (Å²) >= 11 is 0. The molecule has 0 aliphatic heterocycles. The fourth-order valence-electron chi connectivity index (χ4n) is 1.67. The Morgan fingerprint density at radius 2 is 1.73 bits per heavy atom. The van der Waals surface area contributed by atoms with Gasteiger partial charge in [-0.25, -0.2) is 0 Å². The molecule has 0 aromatic heterocycles. The summed E-state index contributed by atoms with van der Waals surface area (Å²) in [7, 11) is 0. The summed E-state index contributed by atoms with van der Waals surface area (Å²) in [6.07, 6.45) is 5.47. The quantitative estimate of drug-likeness (QED) is 0.672. The second-order valence-corrected chi connectivity index (χ2v) is 3.25. The van der Waals surface area contributed by atoms with Crippen molar-refractivity contribution in [3.63, 3.8) is 0 Å². The molecule has 0 atom stereocenters. The molecule has 11 heavy (non-hydrogen) atoms. The van der Waals surface area contributed by atoms with Crippen LogP contribution in [0.15, 0.2) is 0 Å². The first-order valence-electron chi connectivity index (χ1n) is 4.21. The maximum atomic E-state index is 9.16. The van der Waals surface area contributed by atoms with E-state index in [1.165, 1.54) is 12.8 Å². The Labute approximate surface area is 74.6 Å². The van der Waals surface area contributed by atoms with Crippen LogP contribution in [-0.4, -0.2) is 17.8 Å². The van der Waals surface area contributed by atoms with Crippen molar-refractivity contribution in [3.8, 4) is 0 Å². The highest BCUT2D eigenvalue weighted by Gasteiger charge is 2.17. The van der Waals surface area contributed by atoms with Crippen LogP contribution in [0.5, 0.6) is 0 Å². The van der Waals surface area contributed by atoms with E-state index in [0.29, 0.717) is 0 Å². The van der Waals surface area contributed by atoms with Crippen molar-refractivity contribution in [3.05, 3.63) is 0 Å². The molecule has 1 fully saturated rings. The van der Waals surface area contributed by atoms with Gasteiger partial charge in [0.15, 0.2) is 0 Å². The summed E-state index contributed by atoms with van der Waals surface area (Å²) in [6, 6.07) is 0. The number of aliphatic hydroxyl groups excluding tert-OH is 1. The Hall–Kier alpha value is 0.210. The number of hydrogen-bond donors (Lipinski definition) is 2. The zero-order chi connectivity index (χ0) is 7.40. The molecule has 1 aliphatic rings. The van der Waals surface area contributed by atoms with E-state index in [-0.39, 0.29) is 18.5 Å². The molecule has 1 rings (SSSR count). The van der Waals surface area contributed by atoms with E-state index in [1.54, 1.807) is 0 Å². The van der Waals surface area contributed by atoms with Crippen LogP contribution >= 0.6 is 12.4 Å².